The minimum Gasteiger partial charge on any atom is -0.468 e. The van der Waals surface area contributed by atoms with Crippen LogP contribution in [0.15, 0.2) is 35.1 Å². The Labute approximate surface area is 135 Å². The first-order valence-electron chi connectivity index (χ1n) is 7.86. The fourth-order valence-electron chi connectivity index (χ4n) is 3.11. The smallest absolute Gasteiger partial charge is 0.245 e. The molecule has 0 atom stereocenters. The molecule has 0 aliphatic carbocycles. The van der Waals surface area contributed by atoms with Crippen molar-refractivity contribution in [3.63, 3.8) is 0 Å². The highest BCUT2D eigenvalue weighted by Crippen LogP contribution is 2.28. The Morgan fingerprint density at radius 1 is 1.39 bits per heavy atom. The van der Waals surface area contributed by atoms with Gasteiger partial charge in [0.1, 0.15) is 17.1 Å². The number of furan rings is 1. The average molecular weight is 317 g/mol. The highest BCUT2D eigenvalue weighted by atomic mass is 16.3. The highest BCUT2D eigenvalue weighted by molar-refractivity contribution is 5.89. The Balaban J connectivity index is 1.69. The van der Waals surface area contributed by atoms with E-state index in [0.29, 0.717) is 0 Å². The molecular weight excluding hydrogens is 294 g/mol. The lowest BCUT2D eigenvalue weighted by molar-refractivity contribution is -0.126. The van der Waals surface area contributed by atoms with Crippen LogP contribution >= 0.6 is 0 Å². The minimum atomic E-state index is -0.595. The number of likely N-dealkylation sites (tertiary alicyclic amines) is 1. The van der Waals surface area contributed by atoms with Crippen molar-refractivity contribution in [3.8, 4) is 0 Å². The number of carbonyl (C=O) groups is 1. The summed E-state index contributed by atoms with van der Waals surface area (Å²) in [5, 5.41) is 10.4. The standard InChI is InChI=1S/C16H23N5O2/c1-17-15(22)16(19-14-5-8-18-20(14)2)6-9-21(10-7-16)12-13-4-3-11-23-13/h3-5,8,11,19H,6-7,9-10,12H2,1-2H3,(H,17,22). The Morgan fingerprint density at radius 2 is 2.17 bits per heavy atom. The molecule has 0 bridgehead atoms. The number of amides is 1. The molecule has 2 N–H and O–H groups in total. The van der Waals surface area contributed by atoms with E-state index in [1.54, 1.807) is 24.2 Å². The van der Waals surface area contributed by atoms with E-state index in [-0.39, 0.29) is 5.91 Å². The number of aromatic nitrogens is 2. The largest absolute Gasteiger partial charge is 0.468 e. The van der Waals surface area contributed by atoms with Crippen molar-refractivity contribution in [2.45, 2.75) is 24.9 Å². The summed E-state index contributed by atoms with van der Waals surface area (Å²) in [6.07, 6.45) is 4.89. The summed E-state index contributed by atoms with van der Waals surface area (Å²) in [5.74, 6) is 1.83. The number of nitrogens with zero attached hydrogens (tertiary/aromatic N) is 3. The second kappa shape index (κ2) is 6.45. The van der Waals surface area contributed by atoms with Crippen molar-refractivity contribution in [3.05, 3.63) is 36.4 Å². The van der Waals surface area contributed by atoms with Gasteiger partial charge < -0.3 is 15.1 Å². The average Bonchev–Trinajstić information content (AvgIpc) is 3.21. The van der Waals surface area contributed by atoms with E-state index in [0.717, 1.165) is 44.1 Å². The molecule has 23 heavy (non-hydrogen) atoms. The second-order valence-electron chi connectivity index (χ2n) is 5.98. The van der Waals surface area contributed by atoms with Crippen LogP contribution in [0.1, 0.15) is 18.6 Å². The predicted molar refractivity (Wildman–Crippen MR) is 86.8 cm³/mol. The number of hydrogen-bond donors (Lipinski definition) is 2. The summed E-state index contributed by atoms with van der Waals surface area (Å²) >= 11 is 0. The first-order chi connectivity index (χ1) is 11.1. The molecule has 7 heteroatoms. The molecule has 1 fully saturated rings. The van der Waals surface area contributed by atoms with E-state index >= 15 is 0 Å². The minimum absolute atomic E-state index is 0.0244. The monoisotopic (exact) mass is 317 g/mol. The molecule has 3 heterocycles. The zero-order chi connectivity index (χ0) is 16.3. The Kier molecular flexibility index (Phi) is 4.38. The molecule has 1 aliphatic rings. The summed E-state index contributed by atoms with van der Waals surface area (Å²) in [4.78, 5) is 14.8. The quantitative estimate of drug-likeness (QED) is 0.867. The van der Waals surface area contributed by atoms with Gasteiger partial charge in [-0.1, -0.05) is 0 Å². The van der Waals surface area contributed by atoms with E-state index in [2.05, 4.69) is 20.6 Å². The van der Waals surface area contributed by atoms with E-state index in [4.69, 9.17) is 4.42 Å². The Hall–Kier alpha value is -2.28. The van der Waals surface area contributed by atoms with Crippen molar-refractivity contribution in [2.24, 2.45) is 7.05 Å². The van der Waals surface area contributed by atoms with Crippen LogP contribution in [-0.2, 0) is 18.4 Å². The Bertz CT molecular complexity index is 641. The zero-order valence-corrected chi connectivity index (χ0v) is 13.6. The van der Waals surface area contributed by atoms with Crippen LogP contribution in [-0.4, -0.2) is 46.3 Å². The number of nitrogens with one attached hydrogen (secondary N) is 2. The van der Waals surface area contributed by atoms with Crippen LogP contribution in [0.3, 0.4) is 0 Å². The molecule has 0 unspecified atom stereocenters. The van der Waals surface area contributed by atoms with E-state index in [1.165, 1.54) is 0 Å². The first-order valence-corrected chi connectivity index (χ1v) is 7.86. The van der Waals surface area contributed by atoms with Gasteiger partial charge in [-0.2, -0.15) is 5.10 Å². The van der Waals surface area contributed by atoms with Crippen LogP contribution in [0.4, 0.5) is 5.82 Å². The summed E-state index contributed by atoms with van der Waals surface area (Å²) in [5.41, 5.74) is -0.595. The van der Waals surface area contributed by atoms with Crippen LogP contribution in [0.5, 0.6) is 0 Å². The number of hydrogen-bond acceptors (Lipinski definition) is 5. The van der Waals surface area contributed by atoms with Crippen LogP contribution in [0.2, 0.25) is 0 Å². The van der Waals surface area contributed by atoms with Gasteiger partial charge in [-0.25, -0.2) is 0 Å². The van der Waals surface area contributed by atoms with Gasteiger partial charge >= 0.3 is 0 Å². The topological polar surface area (TPSA) is 75.3 Å². The number of aryl methyl sites for hydroxylation is 1. The number of likely N-dealkylation sites (N-methyl/N-ethyl adjacent to an activating group) is 1. The van der Waals surface area contributed by atoms with Crippen molar-refractivity contribution in [1.82, 2.24) is 20.0 Å². The van der Waals surface area contributed by atoms with Crippen LogP contribution in [0.25, 0.3) is 0 Å². The second-order valence-corrected chi connectivity index (χ2v) is 5.98. The van der Waals surface area contributed by atoms with Gasteiger partial charge in [0.05, 0.1) is 19.0 Å². The fourth-order valence-corrected chi connectivity index (χ4v) is 3.11. The van der Waals surface area contributed by atoms with E-state index < -0.39 is 5.54 Å². The van der Waals surface area contributed by atoms with Crippen molar-refractivity contribution < 1.29 is 9.21 Å². The van der Waals surface area contributed by atoms with E-state index in [9.17, 15) is 4.79 Å². The fraction of sp³-hybridized carbons (Fsp3) is 0.500. The van der Waals surface area contributed by atoms with Gasteiger partial charge in [0.15, 0.2) is 0 Å². The summed E-state index contributed by atoms with van der Waals surface area (Å²) < 4.78 is 7.16. The molecule has 124 valence electrons. The Morgan fingerprint density at radius 3 is 2.74 bits per heavy atom. The van der Waals surface area contributed by atoms with Gasteiger partial charge in [-0.3, -0.25) is 14.4 Å². The maximum Gasteiger partial charge on any atom is 0.245 e. The molecule has 1 aliphatic heterocycles. The molecular formula is C16H23N5O2. The summed E-state index contributed by atoms with van der Waals surface area (Å²) in [6.45, 7) is 2.44. The summed E-state index contributed by atoms with van der Waals surface area (Å²) in [7, 11) is 3.55. The lowest BCUT2D eigenvalue weighted by Gasteiger charge is -2.41. The number of piperidine rings is 1. The van der Waals surface area contributed by atoms with Gasteiger partial charge in [-0.05, 0) is 25.0 Å². The SMILES string of the molecule is CNC(=O)C1(Nc2ccnn2C)CCN(Cc2ccco2)CC1. The molecule has 0 saturated carbocycles. The highest BCUT2D eigenvalue weighted by Gasteiger charge is 2.41. The van der Waals surface area contributed by atoms with Crippen molar-refractivity contribution in [2.75, 3.05) is 25.5 Å². The van der Waals surface area contributed by atoms with E-state index in [1.807, 2.05) is 25.2 Å². The maximum atomic E-state index is 12.5. The molecule has 2 aromatic rings. The number of anilines is 1. The number of rotatable bonds is 5. The van der Waals surface area contributed by atoms with Crippen LogP contribution in [0, 0.1) is 0 Å². The van der Waals surface area contributed by atoms with Gasteiger partial charge in [-0.15, -0.1) is 0 Å². The third-order valence-electron chi connectivity index (χ3n) is 4.52. The lowest BCUT2D eigenvalue weighted by Crippen LogP contribution is -2.57. The number of carbonyl (C=O) groups excluding carboxylic acids is 1. The molecule has 1 saturated heterocycles. The molecule has 0 spiro atoms. The normalized spacial score (nSPS) is 17.8. The molecule has 2 aromatic heterocycles. The third kappa shape index (κ3) is 3.24. The van der Waals surface area contributed by atoms with Crippen molar-refractivity contribution >= 4 is 11.7 Å². The van der Waals surface area contributed by atoms with Gasteiger partial charge in [0.25, 0.3) is 0 Å². The molecule has 3 rings (SSSR count). The lowest BCUT2D eigenvalue weighted by atomic mass is 9.86. The first kappa shape index (κ1) is 15.6. The van der Waals surface area contributed by atoms with Crippen molar-refractivity contribution in [1.29, 1.82) is 0 Å². The molecule has 0 aromatic carbocycles. The van der Waals surface area contributed by atoms with Gasteiger partial charge in [0.2, 0.25) is 5.91 Å². The maximum absolute atomic E-state index is 12.5. The molecule has 7 nitrogen and oxygen atoms in total. The third-order valence-corrected chi connectivity index (χ3v) is 4.52. The van der Waals surface area contributed by atoms with Crippen LogP contribution < -0.4 is 10.6 Å². The molecule has 0 radical (unpaired) electrons. The zero-order valence-electron chi connectivity index (χ0n) is 13.6. The predicted octanol–water partition coefficient (Wildman–Crippen LogP) is 1.21. The molecule has 1 amide bonds. The summed E-state index contributed by atoms with van der Waals surface area (Å²) in [6, 6.07) is 5.77. The van der Waals surface area contributed by atoms with Gasteiger partial charge in [0, 0.05) is 33.3 Å².